The quantitative estimate of drug-likeness (QED) is 0.723. The summed E-state index contributed by atoms with van der Waals surface area (Å²) in [6.45, 7) is 2.88. The summed E-state index contributed by atoms with van der Waals surface area (Å²) < 4.78 is 1.06. The van der Waals surface area contributed by atoms with Crippen molar-refractivity contribution in [3.05, 3.63) is 34.3 Å². The normalized spacial score (nSPS) is 14.6. The largest absolute Gasteiger partial charge is 0.396 e. The van der Waals surface area contributed by atoms with E-state index < -0.39 is 0 Å². The molecule has 0 amide bonds. The lowest BCUT2D eigenvalue weighted by Gasteiger charge is -2.24. The summed E-state index contributed by atoms with van der Waals surface area (Å²) in [7, 11) is 0. The zero-order chi connectivity index (χ0) is 12.7. The number of nitrogens with two attached hydrogens (primary N) is 1. The van der Waals surface area contributed by atoms with Gasteiger partial charge in [0, 0.05) is 29.7 Å². The van der Waals surface area contributed by atoms with Gasteiger partial charge < -0.3 is 16.2 Å². The molecule has 0 radical (unpaired) electrons. The summed E-state index contributed by atoms with van der Waals surface area (Å²) in [5, 5.41) is 12.5. The summed E-state index contributed by atoms with van der Waals surface area (Å²) in [5.41, 5.74) is 6.99. The minimum atomic E-state index is 0.143. The predicted octanol–water partition coefficient (Wildman–Crippen LogP) is 2.20. The monoisotopic (exact) mass is 300 g/mol. The molecule has 0 aliphatic heterocycles. The van der Waals surface area contributed by atoms with E-state index in [4.69, 9.17) is 10.8 Å². The van der Waals surface area contributed by atoms with Crippen LogP contribution in [0, 0.1) is 0 Å². The highest BCUT2D eigenvalue weighted by Gasteiger charge is 2.14. The SMILES string of the molecule is CCC(CCO)NC(CN)c1cccc(Br)c1. The lowest BCUT2D eigenvalue weighted by Crippen LogP contribution is -2.37. The van der Waals surface area contributed by atoms with Crippen molar-refractivity contribution in [2.45, 2.75) is 31.8 Å². The van der Waals surface area contributed by atoms with E-state index in [2.05, 4.69) is 40.3 Å². The van der Waals surface area contributed by atoms with Crippen LogP contribution in [0.25, 0.3) is 0 Å². The summed E-state index contributed by atoms with van der Waals surface area (Å²) in [6, 6.07) is 8.62. The van der Waals surface area contributed by atoms with E-state index in [1.807, 2.05) is 12.1 Å². The molecule has 0 aliphatic rings. The van der Waals surface area contributed by atoms with Crippen LogP contribution in [0.4, 0.5) is 0 Å². The standard InChI is InChI=1S/C13H21BrN2O/c1-2-12(6-7-17)16-13(9-15)10-4-3-5-11(14)8-10/h3-5,8,12-13,16-17H,2,6-7,9,15H2,1H3. The highest BCUT2D eigenvalue weighted by atomic mass is 79.9. The van der Waals surface area contributed by atoms with Gasteiger partial charge in [0.1, 0.15) is 0 Å². The number of hydrogen-bond donors (Lipinski definition) is 3. The van der Waals surface area contributed by atoms with Crippen LogP contribution in [-0.4, -0.2) is 24.3 Å². The Balaban J connectivity index is 2.70. The molecule has 0 fully saturated rings. The lowest BCUT2D eigenvalue weighted by molar-refractivity contribution is 0.256. The van der Waals surface area contributed by atoms with Crippen LogP contribution >= 0.6 is 15.9 Å². The van der Waals surface area contributed by atoms with Crippen molar-refractivity contribution < 1.29 is 5.11 Å². The highest BCUT2D eigenvalue weighted by molar-refractivity contribution is 9.10. The molecule has 0 bridgehead atoms. The van der Waals surface area contributed by atoms with E-state index in [0.717, 1.165) is 17.3 Å². The first-order chi connectivity index (χ1) is 8.21. The van der Waals surface area contributed by atoms with Crippen molar-refractivity contribution >= 4 is 15.9 Å². The van der Waals surface area contributed by atoms with Crippen molar-refractivity contribution in [1.29, 1.82) is 0 Å². The van der Waals surface area contributed by atoms with Crippen molar-refractivity contribution in [2.24, 2.45) is 5.73 Å². The molecule has 1 aromatic rings. The zero-order valence-corrected chi connectivity index (χ0v) is 11.8. The Morgan fingerprint density at radius 3 is 2.76 bits per heavy atom. The first-order valence-corrected chi connectivity index (χ1v) is 6.83. The predicted molar refractivity (Wildman–Crippen MR) is 74.9 cm³/mol. The van der Waals surface area contributed by atoms with Crippen LogP contribution in [-0.2, 0) is 0 Å². The molecule has 17 heavy (non-hydrogen) atoms. The Morgan fingerprint density at radius 2 is 2.24 bits per heavy atom. The van der Waals surface area contributed by atoms with E-state index in [1.54, 1.807) is 0 Å². The van der Waals surface area contributed by atoms with Crippen LogP contribution < -0.4 is 11.1 Å². The van der Waals surface area contributed by atoms with Crippen LogP contribution in [0.2, 0.25) is 0 Å². The molecule has 2 atom stereocenters. The topological polar surface area (TPSA) is 58.3 Å². The van der Waals surface area contributed by atoms with Gasteiger partial charge in [-0.15, -0.1) is 0 Å². The lowest BCUT2D eigenvalue weighted by atomic mass is 10.0. The fraction of sp³-hybridized carbons (Fsp3) is 0.538. The molecule has 0 saturated carbocycles. The minimum absolute atomic E-state index is 0.143. The van der Waals surface area contributed by atoms with Gasteiger partial charge in [0.05, 0.1) is 0 Å². The van der Waals surface area contributed by atoms with Gasteiger partial charge in [-0.1, -0.05) is 35.0 Å². The zero-order valence-electron chi connectivity index (χ0n) is 10.2. The fourth-order valence-electron chi connectivity index (χ4n) is 1.87. The van der Waals surface area contributed by atoms with Gasteiger partial charge in [-0.2, -0.15) is 0 Å². The number of rotatable bonds is 7. The molecule has 2 unspecified atom stereocenters. The first kappa shape index (κ1) is 14.6. The Bertz CT molecular complexity index is 333. The number of halogens is 1. The number of nitrogens with one attached hydrogen (secondary N) is 1. The second-order valence-corrected chi connectivity index (χ2v) is 5.04. The van der Waals surface area contributed by atoms with Crippen LogP contribution in [0.1, 0.15) is 31.4 Å². The highest BCUT2D eigenvalue weighted by Crippen LogP contribution is 2.18. The maximum atomic E-state index is 8.99. The molecule has 0 spiro atoms. The average Bonchev–Trinajstić information content (AvgIpc) is 2.34. The van der Waals surface area contributed by atoms with Crippen molar-refractivity contribution in [3.63, 3.8) is 0 Å². The molecule has 0 aliphatic carbocycles. The maximum absolute atomic E-state index is 8.99. The second kappa shape index (κ2) is 7.82. The van der Waals surface area contributed by atoms with Gasteiger partial charge in [-0.05, 0) is 30.5 Å². The van der Waals surface area contributed by atoms with Gasteiger partial charge in [0.15, 0.2) is 0 Å². The summed E-state index contributed by atoms with van der Waals surface area (Å²) in [6.07, 6.45) is 1.76. The van der Waals surface area contributed by atoms with Crippen molar-refractivity contribution in [3.8, 4) is 0 Å². The molecule has 1 aromatic carbocycles. The van der Waals surface area contributed by atoms with E-state index in [0.29, 0.717) is 12.6 Å². The van der Waals surface area contributed by atoms with Gasteiger partial charge in [0.2, 0.25) is 0 Å². The van der Waals surface area contributed by atoms with E-state index in [9.17, 15) is 0 Å². The smallest absolute Gasteiger partial charge is 0.0447 e. The third-order valence-electron chi connectivity index (χ3n) is 2.89. The molecule has 1 rings (SSSR count). The third kappa shape index (κ3) is 4.76. The van der Waals surface area contributed by atoms with E-state index in [1.165, 1.54) is 5.56 Å². The second-order valence-electron chi connectivity index (χ2n) is 4.13. The number of benzene rings is 1. The van der Waals surface area contributed by atoms with Crippen LogP contribution in [0.5, 0.6) is 0 Å². The van der Waals surface area contributed by atoms with Gasteiger partial charge in [0.25, 0.3) is 0 Å². The Morgan fingerprint density at radius 1 is 1.47 bits per heavy atom. The van der Waals surface area contributed by atoms with Crippen LogP contribution in [0.3, 0.4) is 0 Å². The summed E-state index contributed by atoms with van der Waals surface area (Å²) in [5.74, 6) is 0. The van der Waals surface area contributed by atoms with Crippen LogP contribution in [0.15, 0.2) is 28.7 Å². The average molecular weight is 301 g/mol. The van der Waals surface area contributed by atoms with Crippen molar-refractivity contribution in [1.82, 2.24) is 5.32 Å². The Kier molecular flexibility index (Phi) is 6.73. The van der Waals surface area contributed by atoms with E-state index in [-0.39, 0.29) is 12.6 Å². The number of aliphatic hydroxyl groups is 1. The molecule has 0 heterocycles. The first-order valence-electron chi connectivity index (χ1n) is 6.03. The minimum Gasteiger partial charge on any atom is -0.396 e. The Labute approximate surface area is 112 Å². The van der Waals surface area contributed by atoms with Gasteiger partial charge >= 0.3 is 0 Å². The molecule has 0 saturated heterocycles. The molecule has 4 heteroatoms. The Hall–Kier alpha value is -0.420. The fourth-order valence-corrected chi connectivity index (χ4v) is 2.29. The molecular formula is C13H21BrN2O. The third-order valence-corrected chi connectivity index (χ3v) is 3.39. The summed E-state index contributed by atoms with van der Waals surface area (Å²) >= 11 is 3.47. The molecule has 3 nitrogen and oxygen atoms in total. The molecule has 0 aromatic heterocycles. The van der Waals surface area contributed by atoms with Crippen molar-refractivity contribution in [2.75, 3.05) is 13.2 Å². The maximum Gasteiger partial charge on any atom is 0.0447 e. The summed E-state index contributed by atoms with van der Waals surface area (Å²) in [4.78, 5) is 0. The number of aliphatic hydroxyl groups excluding tert-OH is 1. The molecule has 96 valence electrons. The number of hydrogen-bond acceptors (Lipinski definition) is 3. The molecule has 4 N–H and O–H groups in total. The molecular weight excluding hydrogens is 280 g/mol. The van der Waals surface area contributed by atoms with Gasteiger partial charge in [-0.3, -0.25) is 0 Å². The van der Waals surface area contributed by atoms with E-state index >= 15 is 0 Å². The van der Waals surface area contributed by atoms with Gasteiger partial charge in [-0.25, -0.2) is 0 Å².